The molecule has 0 aliphatic rings. The van der Waals surface area contributed by atoms with Crippen LogP contribution in [0.25, 0.3) is 0 Å². The van der Waals surface area contributed by atoms with E-state index in [1.807, 2.05) is 6.07 Å². The zero-order valence-electron chi connectivity index (χ0n) is 9.97. The molecule has 0 bridgehead atoms. The van der Waals surface area contributed by atoms with E-state index in [0.717, 1.165) is 5.56 Å². The quantitative estimate of drug-likeness (QED) is 0.798. The molecule has 0 N–H and O–H groups in total. The average molecular weight is 272 g/mol. The first kappa shape index (κ1) is 13.1. The third-order valence-corrected chi connectivity index (χ3v) is 2.89. The number of hydrogen-bond acceptors (Lipinski definition) is 3. The standard InChI is InChI=1S/C15H10ClNO2/c16-14-3-1-2-13(9-18)15(14)19-10-12-6-4-11(8-17)5-7-12/h1-7,9H,10H2. The van der Waals surface area contributed by atoms with E-state index in [0.29, 0.717) is 28.2 Å². The second kappa shape index (κ2) is 6.03. The maximum Gasteiger partial charge on any atom is 0.153 e. The smallest absolute Gasteiger partial charge is 0.153 e. The Morgan fingerprint density at radius 2 is 1.95 bits per heavy atom. The molecule has 0 radical (unpaired) electrons. The van der Waals surface area contributed by atoms with Crippen molar-refractivity contribution in [3.63, 3.8) is 0 Å². The lowest BCUT2D eigenvalue weighted by Crippen LogP contribution is -1.99. The van der Waals surface area contributed by atoms with Gasteiger partial charge in [0.25, 0.3) is 0 Å². The Kier molecular flexibility index (Phi) is 4.17. The van der Waals surface area contributed by atoms with E-state index in [4.69, 9.17) is 21.6 Å². The minimum atomic E-state index is 0.288. The van der Waals surface area contributed by atoms with E-state index in [1.54, 1.807) is 42.5 Å². The molecule has 0 unspecified atom stereocenters. The number of nitrogens with zero attached hydrogens (tertiary/aromatic N) is 1. The summed E-state index contributed by atoms with van der Waals surface area (Å²) < 4.78 is 5.57. The van der Waals surface area contributed by atoms with Gasteiger partial charge in [-0.25, -0.2) is 0 Å². The van der Waals surface area contributed by atoms with Crippen molar-refractivity contribution in [3.8, 4) is 11.8 Å². The Bertz CT molecular complexity index is 630. The normalized spacial score (nSPS) is 9.68. The second-order valence-electron chi connectivity index (χ2n) is 3.87. The van der Waals surface area contributed by atoms with E-state index in [1.165, 1.54) is 0 Å². The fourth-order valence-electron chi connectivity index (χ4n) is 1.60. The van der Waals surface area contributed by atoms with Crippen LogP contribution in [0.2, 0.25) is 5.02 Å². The molecule has 3 nitrogen and oxygen atoms in total. The molecule has 0 aliphatic carbocycles. The number of halogens is 1. The van der Waals surface area contributed by atoms with Gasteiger partial charge in [-0.3, -0.25) is 4.79 Å². The van der Waals surface area contributed by atoms with Gasteiger partial charge in [-0.1, -0.05) is 29.8 Å². The Labute approximate surface area is 116 Å². The highest BCUT2D eigenvalue weighted by molar-refractivity contribution is 6.32. The second-order valence-corrected chi connectivity index (χ2v) is 4.28. The van der Waals surface area contributed by atoms with Crippen LogP contribution in [0.3, 0.4) is 0 Å². The van der Waals surface area contributed by atoms with Crippen LogP contribution < -0.4 is 4.74 Å². The lowest BCUT2D eigenvalue weighted by atomic mass is 10.1. The molecule has 19 heavy (non-hydrogen) atoms. The van der Waals surface area contributed by atoms with E-state index in [-0.39, 0.29) is 6.61 Å². The first-order valence-corrected chi connectivity index (χ1v) is 5.98. The molecule has 0 fully saturated rings. The largest absolute Gasteiger partial charge is 0.487 e. The van der Waals surface area contributed by atoms with Crippen molar-refractivity contribution in [1.29, 1.82) is 5.26 Å². The molecular weight excluding hydrogens is 262 g/mol. The molecule has 0 aromatic heterocycles. The SMILES string of the molecule is N#Cc1ccc(COc2c(Cl)cccc2C=O)cc1. The van der Waals surface area contributed by atoms with Crippen molar-refractivity contribution in [1.82, 2.24) is 0 Å². The number of benzene rings is 2. The van der Waals surface area contributed by atoms with E-state index >= 15 is 0 Å². The fourth-order valence-corrected chi connectivity index (χ4v) is 1.84. The Balaban J connectivity index is 2.14. The van der Waals surface area contributed by atoms with Gasteiger partial charge >= 0.3 is 0 Å². The summed E-state index contributed by atoms with van der Waals surface area (Å²) in [6.07, 6.45) is 0.708. The van der Waals surface area contributed by atoms with Crippen molar-refractivity contribution in [2.24, 2.45) is 0 Å². The van der Waals surface area contributed by atoms with Crippen LogP contribution in [-0.4, -0.2) is 6.29 Å². The number of para-hydroxylation sites is 1. The predicted octanol–water partition coefficient (Wildman–Crippen LogP) is 3.60. The first-order valence-electron chi connectivity index (χ1n) is 5.60. The highest BCUT2D eigenvalue weighted by atomic mass is 35.5. The Hall–Kier alpha value is -2.31. The van der Waals surface area contributed by atoms with Gasteiger partial charge in [-0.2, -0.15) is 5.26 Å². The molecule has 4 heteroatoms. The summed E-state index contributed by atoms with van der Waals surface area (Å²) in [4.78, 5) is 10.9. The van der Waals surface area contributed by atoms with Gasteiger partial charge in [0.15, 0.2) is 6.29 Å². The van der Waals surface area contributed by atoms with Crippen LogP contribution >= 0.6 is 11.6 Å². The summed E-state index contributed by atoms with van der Waals surface area (Å²) in [5, 5.41) is 9.10. The molecular formula is C15H10ClNO2. The number of nitriles is 1. The van der Waals surface area contributed by atoms with E-state index in [9.17, 15) is 4.79 Å². The number of carbonyl (C=O) groups is 1. The molecule has 0 amide bonds. The molecule has 2 aromatic rings. The number of carbonyl (C=O) groups excluding carboxylic acids is 1. The van der Waals surface area contributed by atoms with Crippen LogP contribution in [0.4, 0.5) is 0 Å². The zero-order valence-corrected chi connectivity index (χ0v) is 10.7. The van der Waals surface area contributed by atoms with Crippen LogP contribution in [0.15, 0.2) is 42.5 Å². The first-order chi connectivity index (χ1) is 9.24. The number of ether oxygens (including phenoxy) is 1. The minimum absolute atomic E-state index is 0.288. The molecule has 0 saturated carbocycles. The van der Waals surface area contributed by atoms with Crippen LogP contribution in [0, 0.1) is 11.3 Å². The van der Waals surface area contributed by atoms with Gasteiger partial charge in [0.1, 0.15) is 12.4 Å². The van der Waals surface area contributed by atoms with Crippen molar-refractivity contribution < 1.29 is 9.53 Å². The summed E-state index contributed by atoms with van der Waals surface area (Å²) in [5.74, 6) is 0.378. The Morgan fingerprint density at radius 1 is 1.21 bits per heavy atom. The van der Waals surface area contributed by atoms with Crippen molar-refractivity contribution in [3.05, 3.63) is 64.2 Å². The third-order valence-electron chi connectivity index (χ3n) is 2.59. The lowest BCUT2D eigenvalue weighted by Gasteiger charge is -2.10. The molecule has 0 aliphatic heterocycles. The predicted molar refractivity (Wildman–Crippen MR) is 72.3 cm³/mol. The van der Waals surface area contributed by atoms with Gasteiger partial charge in [0.2, 0.25) is 0 Å². The fraction of sp³-hybridized carbons (Fsp3) is 0.0667. The molecule has 0 heterocycles. The van der Waals surface area contributed by atoms with E-state index < -0.39 is 0 Å². The highest BCUT2D eigenvalue weighted by Crippen LogP contribution is 2.28. The number of rotatable bonds is 4. The highest BCUT2D eigenvalue weighted by Gasteiger charge is 2.07. The van der Waals surface area contributed by atoms with Gasteiger partial charge in [-0.05, 0) is 29.8 Å². The van der Waals surface area contributed by atoms with Crippen molar-refractivity contribution >= 4 is 17.9 Å². The average Bonchev–Trinajstić information content (AvgIpc) is 2.46. The van der Waals surface area contributed by atoms with Gasteiger partial charge in [0.05, 0.1) is 22.2 Å². The van der Waals surface area contributed by atoms with Crippen LogP contribution in [0.5, 0.6) is 5.75 Å². The molecule has 2 aromatic carbocycles. The van der Waals surface area contributed by atoms with Crippen LogP contribution in [0.1, 0.15) is 21.5 Å². The number of aldehydes is 1. The van der Waals surface area contributed by atoms with Crippen molar-refractivity contribution in [2.45, 2.75) is 6.61 Å². The lowest BCUT2D eigenvalue weighted by molar-refractivity contribution is 0.111. The van der Waals surface area contributed by atoms with Gasteiger partial charge in [-0.15, -0.1) is 0 Å². The van der Waals surface area contributed by atoms with E-state index in [2.05, 4.69) is 0 Å². The summed E-state index contributed by atoms with van der Waals surface area (Å²) in [6.45, 7) is 0.288. The molecule has 0 atom stereocenters. The van der Waals surface area contributed by atoms with Gasteiger partial charge < -0.3 is 4.74 Å². The summed E-state index contributed by atoms with van der Waals surface area (Å²) in [5.41, 5.74) is 1.91. The molecule has 0 spiro atoms. The van der Waals surface area contributed by atoms with Crippen molar-refractivity contribution in [2.75, 3.05) is 0 Å². The van der Waals surface area contributed by atoms with Crippen LogP contribution in [-0.2, 0) is 6.61 Å². The third kappa shape index (κ3) is 3.12. The summed E-state index contributed by atoms with van der Waals surface area (Å²) in [6, 6.07) is 14.1. The Morgan fingerprint density at radius 3 is 2.58 bits per heavy atom. The van der Waals surface area contributed by atoms with Gasteiger partial charge in [0, 0.05) is 0 Å². The maximum atomic E-state index is 10.9. The molecule has 2 rings (SSSR count). The summed E-state index contributed by atoms with van der Waals surface area (Å²) in [7, 11) is 0. The minimum Gasteiger partial charge on any atom is -0.487 e. The molecule has 0 saturated heterocycles. The molecule has 94 valence electrons. The number of hydrogen-bond donors (Lipinski definition) is 0. The maximum absolute atomic E-state index is 10.9. The monoisotopic (exact) mass is 271 g/mol. The topological polar surface area (TPSA) is 50.1 Å². The summed E-state index contributed by atoms with van der Waals surface area (Å²) >= 11 is 6.00. The zero-order chi connectivity index (χ0) is 13.7.